The van der Waals surface area contributed by atoms with Crippen LogP contribution in [0, 0.1) is 11.3 Å². The lowest BCUT2D eigenvalue weighted by Gasteiger charge is -2.34. The molecule has 3 aromatic rings. The molecular formula is C25H29BrN2O2S. The topological polar surface area (TPSA) is 62.2 Å². The van der Waals surface area contributed by atoms with Crippen molar-refractivity contribution in [3.8, 4) is 0 Å². The summed E-state index contributed by atoms with van der Waals surface area (Å²) in [7, 11) is 0. The van der Waals surface area contributed by atoms with Gasteiger partial charge in [0.15, 0.2) is 0 Å². The smallest absolute Gasteiger partial charge is 0.261 e. The van der Waals surface area contributed by atoms with Crippen LogP contribution in [-0.4, -0.2) is 22.6 Å². The molecule has 0 aliphatic heterocycles. The van der Waals surface area contributed by atoms with E-state index in [1.807, 2.05) is 30.3 Å². The predicted molar refractivity (Wildman–Crippen MR) is 131 cm³/mol. The summed E-state index contributed by atoms with van der Waals surface area (Å²) in [6.07, 6.45) is 3.71. The van der Waals surface area contributed by atoms with Crippen molar-refractivity contribution in [1.82, 2.24) is 10.3 Å². The van der Waals surface area contributed by atoms with E-state index in [0.717, 1.165) is 33.1 Å². The maximum Gasteiger partial charge on any atom is 0.261 e. The Morgan fingerprint density at radius 2 is 2.03 bits per heavy atom. The minimum Gasteiger partial charge on any atom is -0.396 e. The van der Waals surface area contributed by atoms with Gasteiger partial charge in [-0.1, -0.05) is 48.8 Å². The number of benzene rings is 1. The normalized spacial score (nSPS) is 17.4. The summed E-state index contributed by atoms with van der Waals surface area (Å²) in [5.74, 6) is 0.542. The van der Waals surface area contributed by atoms with Crippen molar-refractivity contribution in [1.29, 1.82) is 0 Å². The molecule has 4 rings (SSSR count). The Hall–Kier alpha value is -1.76. The lowest BCUT2D eigenvalue weighted by atomic mass is 9.71. The van der Waals surface area contributed by atoms with Gasteiger partial charge in [0, 0.05) is 22.2 Å². The first-order valence-electron chi connectivity index (χ1n) is 10.8. The van der Waals surface area contributed by atoms with Gasteiger partial charge in [0.05, 0.1) is 10.9 Å². The molecule has 1 aromatic carbocycles. The highest BCUT2D eigenvalue weighted by Gasteiger charge is 2.29. The van der Waals surface area contributed by atoms with E-state index in [4.69, 9.17) is 4.98 Å². The maximum absolute atomic E-state index is 13.0. The number of thiophene rings is 1. The van der Waals surface area contributed by atoms with Crippen molar-refractivity contribution in [3.63, 3.8) is 0 Å². The summed E-state index contributed by atoms with van der Waals surface area (Å²) in [5.41, 5.74) is 3.79. The first-order chi connectivity index (χ1) is 14.7. The molecule has 2 heterocycles. The fraction of sp³-hybridized carbons (Fsp3) is 0.440. The minimum atomic E-state index is -0.232. The van der Waals surface area contributed by atoms with Crippen molar-refractivity contribution >= 4 is 43.4 Å². The van der Waals surface area contributed by atoms with E-state index in [2.05, 4.69) is 48.1 Å². The van der Waals surface area contributed by atoms with Gasteiger partial charge in [-0.15, -0.1) is 11.3 Å². The summed E-state index contributed by atoms with van der Waals surface area (Å²) < 4.78 is 0.985. The number of nitrogens with zero attached hydrogens (tertiary/aromatic N) is 1. The van der Waals surface area contributed by atoms with E-state index in [0.29, 0.717) is 22.6 Å². The quantitative estimate of drug-likeness (QED) is 0.447. The number of pyridine rings is 1. The van der Waals surface area contributed by atoms with E-state index < -0.39 is 0 Å². The molecule has 1 amide bonds. The highest BCUT2D eigenvalue weighted by atomic mass is 79.9. The van der Waals surface area contributed by atoms with Crippen LogP contribution in [0.4, 0.5) is 0 Å². The van der Waals surface area contributed by atoms with Crippen LogP contribution < -0.4 is 5.32 Å². The van der Waals surface area contributed by atoms with Crippen LogP contribution >= 0.6 is 27.3 Å². The van der Waals surface area contributed by atoms with Gasteiger partial charge in [-0.05, 0) is 72.4 Å². The van der Waals surface area contributed by atoms with Gasteiger partial charge in [0.25, 0.3) is 5.91 Å². The van der Waals surface area contributed by atoms with Crippen molar-refractivity contribution in [2.24, 2.45) is 11.3 Å². The van der Waals surface area contributed by atoms with Crippen molar-refractivity contribution in [2.45, 2.75) is 52.5 Å². The highest BCUT2D eigenvalue weighted by Crippen LogP contribution is 2.38. The number of aliphatic hydroxyl groups excluding tert-OH is 1. The third kappa shape index (κ3) is 5.02. The number of carbonyl (C=O) groups excluding carboxylic acids is 1. The number of nitrogens with one attached hydrogen (secondary N) is 1. The second-order valence-corrected chi connectivity index (χ2v) is 11.4. The third-order valence-corrected chi connectivity index (χ3v) is 7.89. The number of aliphatic hydroxyl groups is 1. The number of amides is 1. The Morgan fingerprint density at radius 3 is 2.71 bits per heavy atom. The molecule has 0 bridgehead atoms. The highest BCUT2D eigenvalue weighted by molar-refractivity contribution is 9.10. The number of aromatic nitrogens is 1. The Bertz CT molecular complexity index is 1090. The molecular weight excluding hydrogens is 472 g/mol. The second-order valence-electron chi connectivity index (χ2n) is 9.49. The van der Waals surface area contributed by atoms with Crippen LogP contribution in [0.2, 0.25) is 0 Å². The molecule has 2 atom stereocenters. The van der Waals surface area contributed by atoms with Gasteiger partial charge in [-0.25, -0.2) is 4.98 Å². The fourth-order valence-electron chi connectivity index (χ4n) is 4.35. The third-order valence-electron chi connectivity index (χ3n) is 6.32. The molecule has 1 aliphatic carbocycles. The first-order valence-corrected chi connectivity index (χ1v) is 12.4. The van der Waals surface area contributed by atoms with Crippen molar-refractivity contribution < 1.29 is 9.90 Å². The molecule has 6 heteroatoms. The molecule has 0 radical (unpaired) electrons. The van der Waals surface area contributed by atoms with Gasteiger partial charge < -0.3 is 10.4 Å². The molecule has 0 saturated heterocycles. The second kappa shape index (κ2) is 9.00. The fourth-order valence-corrected chi connectivity index (χ4v) is 5.55. The van der Waals surface area contributed by atoms with Gasteiger partial charge in [0.1, 0.15) is 4.83 Å². The molecule has 2 N–H and O–H groups in total. The van der Waals surface area contributed by atoms with Gasteiger partial charge in [0.2, 0.25) is 0 Å². The lowest BCUT2D eigenvalue weighted by Crippen LogP contribution is -2.28. The lowest BCUT2D eigenvalue weighted by molar-refractivity contribution is 0.0934. The van der Waals surface area contributed by atoms with Gasteiger partial charge in [-0.2, -0.15) is 0 Å². The molecule has 0 fully saturated rings. The van der Waals surface area contributed by atoms with Crippen LogP contribution in [0.5, 0.6) is 0 Å². The summed E-state index contributed by atoms with van der Waals surface area (Å²) in [5, 5.41) is 13.6. The zero-order valence-corrected chi connectivity index (χ0v) is 20.6. The number of aryl methyl sites for hydroxylation is 1. The standard InChI is InChI=1S/C25H29BrN2O2S/c1-25(2,3)18-6-9-20-16(13-18)12-17-14-22(31-24(17)28-20)23(30)27-21(10-11-29)15-4-7-19(26)8-5-15/h4-5,7-8,12,14,18,21,29H,6,9-11,13H2,1-3H3,(H,27,30)/t18?,21-/m1/s1. The number of fused-ring (bicyclic) bond motifs is 2. The Balaban J connectivity index is 1.56. The summed E-state index contributed by atoms with van der Waals surface area (Å²) in [4.78, 5) is 19.5. The summed E-state index contributed by atoms with van der Waals surface area (Å²) in [6.45, 7) is 6.96. The number of hydrogen-bond acceptors (Lipinski definition) is 4. The summed E-state index contributed by atoms with van der Waals surface area (Å²) in [6, 6.07) is 11.8. The average molecular weight is 501 g/mol. The molecule has 4 nitrogen and oxygen atoms in total. The average Bonchev–Trinajstić information content (AvgIpc) is 3.14. The molecule has 0 spiro atoms. The van der Waals surface area contributed by atoms with Crippen molar-refractivity contribution in [3.05, 3.63) is 62.6 Å². The van der Waals surface area contributed by atoms with Crippen LogP contribution in [0.3, 0.4) is 0 Å². The molecule has 0 saturated carbocycles. The SMILES string of the molecule is CC(C)(C)C1CCc2nc3sc(C(=O)N[C@H](CCO)c4ccc(Br)cc4)cc3cc2C1. The van der Waals surface area contributed by atoms with Gasteiger partial charge in [-0.3, -0.25) is 4.79 Å². The number of rotatable bonds is 5. The monoisotopic (exact) mass is 500 g/mol. The van der Waals surface area contributed by atoms with E-state index in [1.54, 1.807) is 0 Å². The van der Waals surface area contributed by atoms with Crippen LogP contribution in [0.15, 0.2) is 40.9 Å². The van der Waals surface area contributed by atoms with Crippen LogP contribution in [-0.2, 0) is 12.8 Å². The largest absolute Gasteiger partial charge is 0.396 e. The van der Waals surface area contributed by atoms with E-state index in [1.165, 1.54) is 29.0 Å². The molecule has 31 heavy (non-hydrogen) atoms. The zero-order chi connectivity index (χ0) is 22.2. The van der Waals surface area contributed by atoms with Crippen molar-refractivity contribution in [2.75, 3.05) is 6.61 Å². The van der Waals surface area contributed by atoms with Gasteiger partial charge >= 0.3 is 0 Å². The summed E-state index contributed by atoms with van der Waals surface area (Å²) >= 11 is 4.89. The Morgan fingerprint density at radius 1 is 1.29 bits per heavy atom. The van der Waals surface area contributed by atoms with E-state index in [-0.39, 0.29) is 18.6 Å². The maximum atomic E-state index is 13.0. The molecule has 1 unspecified atom stereocenters. The van der Waals surface area contributed by atoms with E-state index >= 15 is 0 Å². The zero-order valence-electron chi connectivity index (χ0n) is 18.2. The van der Waals surface area contributed by atoms with Crippen LogP contribution in [0.1, 0.15) is 66.1 Å². The predicted octanol–water partition coefficient (Wildman–Crippen LogP) is 6.06. The molecule has 1 aliphatic rings. The number of halogens is 1. The first kappa shape index (κ1) is 22.4. The minimum absolute atomic E-state index is 0.0106. The van der Waals surface area contributed by atoms with E-state index in [9.17, 15) is 9.90 Å². The molecule has 164 valence electrons. The Kier molecular flexibility index (Phi) is 6.52. The number of carbonyl (C=O) groups is 1. The number of hydrogen-bond donors (Lipinski definition) is 2. The van der Waals surface area contributed by atoms with Crippen LogP contribution in [0.25, 0.3) is 10.2 Å². The molecule has 2 aromatic heterocycles. The Labute approximate surface area is 196 Å².